The molecule has 4 nitrogen and oxygen atoms in total. The number of aromatic nitrogens is 2. The molecule has 5 heteroatoms. The molecule has 3 N–H and O–H groups in total. The van der Waals surface area contributed by atoms with Gasteiger partial charge in [0.2, 0.25) is 0 Å². The van der Waals surface area contributed by atoms with Crippen LogP contribution in [0.5, 0.6) is 0 Å². The maximum Gasteiger partial charge on any atom is 0.174 e. The minimum absolute atomic E-state index is 0.287. The Kier molecular flexibility index (Phi) is 3.38. The summed E-state index contributed by atoms with van der Waals surface area (Å²) in [5.41, 5.74) is 7.10. The molecule has 1 aliphatic rings. The van der Waals surface area contributed by atoms with Crippen LogP contribution in [0.2, 0.25) is 5.15 Å². The summed E-state index contributed by atoms with van der Waals surface area (Å²) in [6.45, 7) is 1.10. The number of anilines is 1. The van der Waals surface area contributed by atoms with E-state index in [0.717, 1.165) is 18.7 Å². The Bertz CT molecular complexity index is 336. The number of nitrogens with zero attached hydrogens (tertiary/aromatic N) is 2. The highest BCUT2D eigenvalue weighted by atomic mass is 35.5. The topological polar surface area (TPSA) is 63.8 Å². The van der Waals surface area contributed by atoms with Gasteiger partial charge in [-0.15, -0.1) is 5.10 Å². The van der Waals surface area contributed by atoms with Gasteiger partial charge in [-0.25, -0.2) is 0 Å². The molecule has 1 aromatic rings. The van der Waals surface area contributed by atoms with Gasteiger partial charge < -0.3 is 11.1 Å². The standard InChI is InChI=1S/C10H15ClN4/c11-10-9(12)6-8(14-15-10)5-7-3-1-2-4-13-7/h6-7,13H,1-5H2,(H2,12,14). The quantitative estimate of drug-likeness (QED) is 0.800. The number of nitrogens with two attached hydrogens (primary N) is 1. The third kappa shape index (κ3) is 2.79. The summed E-state index contributed by atoms with van der Waals surface area (Å²) in [5, 5.41) is 11.6. The molecule has 2 heterocycles. The number of rotatable bonds is 2. The number of hydrogen-bond acceptors (Lipinski definition) is 4. The third-order valence-corrected chi connectivity index (χ3v) is 2.99. The molecular weight excluding hydrogens is 212 g/mol. The Balaban J connectivity index is 2.00. The lowest BCUT2D eigenvalue weighted by Crippen LogP contribution is -2.35. The lowest BCUT2D eigenvalue weighted by atomic mass is 10.0. The number of nitrogens with one attached hydrogen (secondary N) is 1. The Morgan fingerprint density at radius 2 is 2.33 bits per heavy atom. The average molecular weight is 227 g/mol. The third-order valence-electron chi connectivity index (χ3n) is 2.69. The second-order valence-corrected chi connectivity index (χ2v) is 4.29. The monoisotopic (exact) mass is 226 g/mol. The van der Waals surface area contributed by atoms with E-state index in [4.69, 9.17) is 17.3 Å². The summed E-state index contributed by atoms with van der Waals surface area (Å²) < 4.78 is 0. The molecule has 0 radical (unpaired) electrons. The average Bonchev–Trinajstić information content (AvgIpc) is 2.25. The molecule has 1 fully saturated rings. The fraction of sp³-hybridized carbons (Fsp3) is 0.600. The van der Waals surface area contributed by atoms with Crippen molar-refractivity contribution in [3.8, 4) is 0 Å². The van der Waals surface area contributed by atoms with Gasteiger partial charge in [0.05, 0.1) is 11.4 Å². The molecule has 0 aliphatic carbocycles. The van der Waals surface area contributed by atoms with Gasteiger partial charge in [-0.05, 0) is 25.5 Å². The Labute approximate surface area is 94.2 Å². The molecule has 1 aromatic heterocycles. The van der Waals surface area contributed by atoms with Crippen molar-refractivity contribution in [1.29, 1.82) is 0 Å². The number of hydrogen-bond donors (Lipinski definition) is 2. The van der Waals surface area contributed by atoms with E-state index in [1.54, 1.807) is 0 Å². The summed E-state index contributed by atoms with van der Waals surface area (Å²) in [5.74, 6) is 0. The van der Waals surface area contributed by atoms with Crippen LogP contribution in [0.15, 0.2) is 6.07 Å². The van der Waals surface area contributed by atoms with Crippen LogP contribution in [0.25, 0.3) is 0 Å². The predicted molar refractivity (Wildman–Crippen MR) is 60.8 cm³/mol. The minimum Gasteiger partial charge on any atom is -0.396 e. The fourth-order valence-corrected chi connectivity index (χ4v) is 1.98. The highest BCUT2D eigenvalue weighted by Crippen LogP contribution is 2.17. The first-order valence-electron chi connectivity index (χ1n) is 5.26. The van der Waals surface area contributed by atoms with Gasteiger partial charge in [0.25, 0.3) is 0 Å². The van der Waals surface area contributed by atoms with Crippen LogP contribution in [-0.2, 0) is 6.42 Å². The summed E-state index contributed by atoms with van der Waals surface area (Å²) in [7, 11) is 0. The first kappa shape index (κ1) is 10.6. The molecule has 1 atom stereocenters. The van der Waals surface area contributed by atoms with Crippen LogP contribution in [0.3, 0.4) is 0 Å². The summed E-state index contributed by atoms with van der Waals surface area (Å²) in [4.78, 5) is 0. The zero-order valence-electron chi connectivity index (χ0n) is 8.54. The van der Waals surface area contributed by atoms with Gasteiger partial charge in [0.1, 0.15) is 0 Å². The van der Waals surface area contributed by atoms with Crippen molar-refractivity contribution >= 4 is 17.3 Å². The summed E-state index contributed by atoms with van der Waals surface area (Å²) >= 11 is 5.71. The zero-order valence-corrected chi connectivity index (χ0v) is 9.30. The van der Waals surface area contributed by atoms with Crippen LogP contribution in [-0.4, -0.2) is 22.8 Å². The molecule has 2 rings (SSSR count). The highest BCUT2D eigenvalue weighted by molar-refractivity contribution is 6.31. The van der Waals surface area contributed by atoms with Gasteiger partial charge in [-0.1, -0.05) is 18.0 Å². The van der Waals surface area contributed by atoms with Crippen LogP contribution in [0.1, 0.15) is 25.0 Å². The lowest BCUT2D eigenvalue weighted by Gasteiger charge is -2.22. The molecule has 0 saturated carbocycles. The Morgan fingerprint density at radius 3 is 3.00 bits per heavy atom. The van der Waals surface area contributed by atoms with Crippen molar-refractivity contribution in [2.75, 3.05) is 12.3 Å². The van der Waals surface area contributed by atoms with Crippen molar-refractivity contribution in [1.82, 2.24) is 15.5 Å². The molecule has 0 spiro atoms. The Morgan fingerprint density at radius 1 is 1.47 bits per heavy atom. The fourth-order valence-electron chi connectivity index (χ4n) is 1.88. The second kappa shape index (κ2) is 4.77. The van der Waals surface area contributed by atoms with Gasteiger partial charge in [0.15, 0.2) is 5.15 Å². The van der Waals surface area contributed by atoms with Crippen LogP contribution < -0.4 is 11.1 Å². The smallest absolute Gasteiger partial charge is 0.174 e. The summed E-state index contributed by atoms with van der Waals surface area (Å²) in [6.07, 6.45) is 4.64. The predicted octanol–water partition coefficient (Wildman–Crippen LogP) is 1.40. The van der Waals surface area contributed by atoms with Crippen LogP contribution in [0, 0.1) is 0 Å². The Hall–Kier alpha value is -0.870. The van der Waals surface area contributed by atoms with E-state index in [0.29, 0.717) is 11.7 Å². The van der Waals surface area contributed by atoms with E-state index in [1.165, 1.54) is 19.3 Å². The molecule has 0 amide bonds. The van der Waals surface area contributed by atoms with Crippen molar-refractivity contribution in [2.45, 2.75) is 31.7 Å². The maximum atomic E-state index is 5.71. The highest BCUT2D eigenvalue weighted by Gasteiger charge is 2.14. The van der Waals surface area contributed by atoms with Gasteiger partial charge in [-0.2, -0.15) is 5.10 Å². The van der Waals surface area contributed by atoms with E-state index in [-0.39, 0.29) is 5.15 Å². The van der Waals surface area contributed by atoms with E-state index in [2.05, 4.69) is 15.5 Å². The SMILES string of the molecule is Nc1cc(CC2CCCCN2)nnc1Cl. The van der Waals surface area contributed by atoms with Crippen molar-refractivity contribution in [2.24, 2.45) is 0 Å². The molecule has 1 saturated heterocycles. The largest absolute Gasteiger partial charge is 0.396 e. The van der Waals surface area contributed by atoms with Crippen molar-refractivity contribution in [3.05, 3.63) is 16.9 Å². The first-order chi connectivity index (χ1) is 7.25. The zero-order chi connectivity index (χ0) is 10.7. The van der Waals surface area contributed by atoms with Crippen LogP contribution in [0.4, 0.5) is 5.69 Å². The van der Waals surface area contributed by atoms with E-state index in [9.17, 15) is 0 Å². The number of halogens is 1. The molecule has 0 bridgehead atoms. The molecule has 1 aliphatic heterocycles. The maximum absolute atomic E-state index is 5.71. The van der Waals surface area contributed by atoms with Crippen molar-refractivity contribution < 1.29 is 0 Å². The van der Waals surface area contributed by atoms with E-state index < -0.39 is 0 Å². The second-order valence-electron chi connectivity index (χ2n) is 3.93. The van der Waals surface area contributed by atoms with Crippen LogP contribution >= 0.6 is 11.6 Å². The number of nitrogen functional groups attached to an aromatic ring is 1. The normalized spacial score (nSPS) is 21.5. The lowest BCUT2D eigenvalue weighted by molar-refractivity contribution is 0.396. The van der Waals surface area contributed by atoms with Gasteiger partial charge in [0, 0.05) is 12.5 Å². The van der Waals surface area contributed by atoms with E-state index in [1.807, 2.05) is 6.07 Å². The molecular formula is C10H15ClN4. The molecule has 82 valence electrons. The number of piperidine rings is 1. The molecule has 0 aromatic carbocycles. The first-order valence-corrected chi connectivity index (χ1v) is 5.64. The van der Waals surface area contributed by atoms with Gasteiger partial charge in [-0.3, -0.25) is 0 Å². The molecule has 1 unspecified atom stereocenters. The summed E-state index contributed by atoms with van der Waals surface area (Å²) in [6, 6.07) is 2.32. The minimum atomic E-state index is 0.287. The van der Waals surface area contributed by atoms with Gasteiger partial charge >= 0.3 is 0 Å². The van der Waals surface area contributed by atoms with E-state index >= 15 is 0 Å². The molecule has 15 heavy (non-hydrogen) atoms. The van der Waals surface area contributed by atoms with Crippen molar-refractivity contribution in [3.63, 3.8) is 0 Å².